The van der Waals surface area contributed by atoms with Gasteiger partial charge in [0.1, 0.15) is 6.61 Å². The van der Waals surface area contributed by atoms with E-state index in [-0.39, 0.29) is 0 Å². The summed E-state index contributed by atoms with van der Waals surface area (Å²) in [6.07, 6.45) is -0.570. The highest BCUT2D eigenvalue weighted by Gasteiger charge is 2.15. The summed E-state index contributed by atoms with van der Waals surface area (Å²) in [5.74, 6) is 1.38. The van der Waals surface area contributed by atoms with Gasteiger partial charge >= 0.3 is 0 Å². The molecule has 0 spiro atoms. The Morgan fingerprint density at radius 2 is 1.64 bits per heavy atom. The van der Waals surface area contributed by atoms with Crippen molar-refractivity contribution in [1.82, 2.24) is 5.32 Å². The maximum absolute atomic E-state index is 10.4. The van der Waals surface area contributed by atoms with Gasteiger partial charge in [-0.05, 0) is 23.3 Å². The first kappa shape index (κ1) is 20.4. The Bertz CT molecular complexity index is 872. The average Bonchev–Trinajstić information content (AvgIpc) is 2.75. The Labute approximate surface area is 174 Å². The van der Waals surface area contributed by atoms with Crippen LogP contribution in [0.1, 0.15) is 22.8 Å². The van der Waals surface area contributed by atoms with Crippen molar-refractivity contribution >= 4 is 15.9 Å². The summed E-state index contributed by atoms with van der Waals surface area (Å²) in [5.41, 5.74) is 2.93. The van der Waals surface area contributed by atoms with E-state index in [1.807, 2.05) is 72.8 Å². The summed E-state index contributed by atoms with van der Waals surface area (Å²) in [4.78, 5) is 0. The van der Waals surface area contributed by atoms with Crippen LogP contribution in [0.15, 0.2) is 77.3 Å². The molecule has 0 fully saturated rings. The molecule has 28 heavy (non-hydrogen) atoms. The molecule has 0 saturated heterocycles. The third-order valence-electron chi connectivity index (χ3n) is 4.44. The summed E-state index contributed by atoms with van der Waals surface area (Å²) in [6, 6.07) is 23.5. The smallest absolute Gasteiger partial charge is 0.167 e. The van der Waals surface area contributed by atoms with Gasteiger partial charge in [-0.15, -0.1) is 0 Å². The second-order valence-corrected chi connectivity index (χ2v) is 7.24. The van der Waals surface area contributed by atoms with Crippen LogP contribution in [0.25, 0.3) is 0 Å². The molecular formula is C23H24BrNO3. The third-order valence-corrected chi connectivity index (χ3v) is 5.18. The number of aliphatic hydroxyl groups excluding tert-OH is 1. The van der Waals surface area contributed by atoms with Crippen LogP contribution < -0.4 is 14.8 Å². The van der Waals surface area contributed by atoms with Gasteiger partial charge in [0.25, 0.3) is 0 Å². The number of nitrogens with one attached hydrogen (secondary N) is 1. The van der Waals surface area contributed by atoms with E-state index in [2.05, 4.69) is 21.2 Å². The summed E-state index contributed by atoms with van der Waals surface area (Å²) < 4.78 is 12.5. The minimum Gasteiger partial charge on any atom is -0.493 e. The Balaban J connectivity index is 1.70. The lowest BCUT2D eigenvalue weighted by atomic mass is 10.1. The monoisotopic (exact) mass is 441 g/mol. The molecule has 0 heterocycles. The standard InChI is InChI=1S/C23H24BrNO3/c1-27-22-13-12-20(24)19(23(22)28-16-17-8-4-2-5-9-17)14-25-15-21(26)18-10-6-3-7-11-18/h2-13,21,25-26H,14-16H2,1H3. The molecule has 2 N–H and O–H groups in total. The van der Waals surface area contributed by atoms with Crippen molar-refractivity contribution in [3.8, 4) is 11.5 Å². The topological polar surface area (TPSA) is 50.7 Å². The van der Waals surface area contributed by atoms with Gasteiger partial charge in [0.2, 0.25) is 0 Å². The second kappa shape index (κ2) is 10.3. The fourth-order valence-corrected chi connectivity index (χ4v) is 3.38. The molecular weight excluding hydrogens is 418 g/mol. The maximum atomic E-state index is 10.4. The molecule has 0 bridgehead atoms. The molecule has 1 atom stereocenters. The highest BCUT2D eigenvalue weighted by molar-refractivity contribution is 9.10. The Morgan fingerprint density at radius 1 is 0.964 bits per heavy atom. The maximum Gasteiger partial charge on any atom is 0.167 e. The molecule has 0 aliphatic rings. The Kier molecular flexibility index (Phi) is 7.48. The summed E-state index contributed by atoms with van der Waals surface area (Å²) in [7, 11) is 1.63. The number of hydrogen-bond donors (Lipinski definition) is 2. The Hall–Kier alpha value is -2.34. The van der Waals surface area contributed by atoms with Crippen molar-refractivity contribution in [1.29, 1.82) is 0 Å². The second-order valence-electron chi connectivity index (χ2n) is 6.39. The van der Waals surface area contributed by atoms with Crippen LogP contribution in [-0.2, 0) is 13.2 Å². The lowest BCUT2D eigenvalue weighted by molar-refractivity contribution is 0.174. The molecule has 4 nitrogen and oxygen atoms in total. The summed E-state index contributed by atoms with van der Waals surface area (Å²) >= 11 is 3.61. The van der Waals surface area contributed by atoms with Crippen molar-refractivity contribution in [2.45, 2.75) is 19.3 Å². The van der Waals surface area contributed by atoms with E-state index in [4.69, 9.17) is 9.47 Å². The van der Waals surface area contributed by atoms with Gasteiger partial charge < -0.3 is 19.9 Å². The molecule has 3 aromatic rings. The van der Waals surface area contributed by atoms with E-state index in [0.29, 0.717) is 31.2 Å². The molecule has 146 valence electrons. The van der Waals surface area contributed by atoms with E-state index >= 15 is 0 Å². The van der Waals surface area contributed by atoms with Gasteiger partial charge in [-0.2, -0.15) is 0 Å². The van der Waals surface area contributed by atoms with Gasteiger partial charge in [0, 0.05) is 23.1 Å². The zero-order valence-corrected chi connectivity index (χ0v) is 17.4. The average molecular weight is 442 g/mol. The highest BCUT2D eigenvalue weighted by Crippen LogP contribution is 2.36. The number of methoxy groups -OCH3 is 1. The van der Waals surface area contributed by atoms with Crippen LogP contribution in [0.4, 0.5) is 0 Å². The minimum absolute atomic E-state index is 0.436. The zero-order valence-electron chi connectivity index (χ0n) is 15.8. The van der Waals surface area contributed by atoms with Crippen LogP contribution in [-0.4, -0.2) is 18.8 Å². The highest BCUT2D eigenvalue weighted by atomic mass is 79.9. The van der Waals surface area contributed by atoms with Gasteiger partial charge in [0.05, 0.1) is 13.2 Å². The zero-order chi connectivity index (χ0) is 19.8. The van der Waals surface area contributed by atoms with E-state index in [1.165, 1.54) is 0 Å². The SMILES string of the molecule is COc1ccc(Br)c(CNCC(O)c2ccccc2)c1OCc1ccccc1. The predicted octanol–water partition coefficient (Wildman–Crippen LogP) is 4.86. The fourth-order valence-electron chi connectivity index (χ4n) is 2.92. The Morgan fingerprint density at radius 3 is 2.32 bits per heavy atom. The van der Waals surface area contributed by atoms with Crippen molar-refractivity contribution in [2.75, 3.05) is 13.7 Å². The van der Waals surface area contributed by atoms with Gasteiger partial charge in [-0.3, -0.25) is 0 Å². The molecule has 0 saturated carbocycles. The van der Waals surface area contributed by atoms with Crippen molar-refractivity contribution < 1.29 is 14.6 Å². The number of halogens is 1. The number of aliphatic hydroxyl groups is 1. The molecule has 0 aliphatic heterocycles. The van der Waals surface area contributed by atoms with Crippen molar-refractivity contribution in [2.24, 2.45) is 0 Å². The quantitative estimate of drug-likeness (QED) is 0.497. The van der Waals surface area contributed by atoms with Crippen LogP contribution in [0.5, 0.6) is 11.5 Å². The normalized spacial score (nSPS) is 11.8. The first-order valence-electron chi connectivity index (χ1n) is 9.15. The lowest BCUT2D eigenvalue weighted by Gasteiger charge is -2.18. The first-order chi connectivity index (χ1) is 13.7. The molecule has 0 aromatic heterocycles. The predicted molar refractivity (Wildman–Crippen MR) is 115 cm³/mol. The molecule has 5 heteroatoms. The lowest BCUT2D eigenvalue weighted by Crippen LogP contribution is -2.21. The number of benzene rings is 3. The van der Waals surface area contributed by atoms with Crippen LogP contribution in [0, 0.1) is 0 Å². The summed E-state index contributed by atoms with van der Waals surface area (Å²) in [6.45, 7) is 1.42. The van der Waals surface area contributed by atoms with E-state index < -0.39 is 6.10 Å². The molecule has 0 amide bonds. The number of hydrogen-bond acceptors (Lipinski definition) is 4. The first-order valence-corrected chi connectivity index (χ1v) is 9.94. The molecule has 3 rings (SSSR count). The largest absolute Gasteiger partial charge is 0.493 e. The van der Waals surface area contributed by atoms with E-state index in [9.17, 15) is 5.11 Å². The molecule has 0 radical (unpaired) electrons. The van der Waals surface area contributed by atoms with Crippen molar-refractivity contribution in [3.05, 3.63) is 94.0 Å². The van der Waals surface area contributed by atoms with Crippen LogP contribution >= 0.6 is 15.9 Å². The third kappa shape index (κ3) is 5.35. The van der Waals surface area contributed by atoms with E-state index in [0.717, 1.165) is 21.2 Å². The molecule has 3 aromatic carbocycles. The van der Waals surface area contributed by atoms with E-state index in [1.54, 1.807) is 7.11 Å². The summed E-state index contributed by atoms with van der Waals surface area (Å²) in [5, 5.41) is 13.7. The fraction of sp³-hybridized carbons (Fsp3) is 0.217. The number of ether oxygens (including phenoxy) is 2. The van der Waals surface area contributed by atoms with Gasteiger partial charge in [0.15, 0.2) is 11.5 Å². The van der Waals surface area contributed by atoms with Gasteiger partial charge in [-0.1, -0.05) is 76.6 Å². The molecule has 0 aliphatic carbocycles. The van der Waals surface area contributed by atoms with Crippen molar-refractivity contribution in [3.63, 3.8) is 0 Å². The molecule has 1 unspecified atom stereocenters. The van der Waals surface area contributed by atoms with Crippen LogP contribution in [0.3, 0.4) is 0 Å². The van der Waals surface area contributed by atoms with Crippen LogP contribution in [0.2, 0.25) is 0 Å². The number of rotatable bonds is 9. The minimum atomic E-state index is -0.570. The van der Waals surface area contributed by atoms with Gasteiger partial charge in [-0.25, -0.2) is 0 Å².